The van der Waals surface area contributed by atoms with E-state index in [1.807, 2.05) is 0 Å². The Bertz CT molecular complexity index is 608. The van der Waals surface area contributed by atoms with Crippen LogP contribution in [-0.4, -0.2) is 34.6 Å². The van der Waals surface area contributed by atoms with E-state index in [0.717, 1.165) is 0 Å². The van der Waals surface area contributed by atoms with E-state index < -0.39 is 23.6 Å². The maximum Gasteiger partial charge on any atom is 0.326 e. The first-order valence-electron chi connectivity index (χ1n) is 6.41. The van der Waals surface area contributed by atoms with Crippen molar-refractivity contribution >= 4 is 17.6 Å². The van der Waals surface area contributed by atoms with E-state index in [1.54, 1.807) is 20.0 Å². The number of aliphatic carboxylic acids is 1. The number of nitrogens with zero attached hydrogens (tertiary/aromatic N) is 1. The minimum Gasteiger partial charge on any atom is -0.480 e. The molecule has 2 rings (SSSR count). The Morgan fingerprint density at radius 2 is 2.15 bits per heavy atom. The highest BCUT2D eigenvalue weighted by molar-refractivity contribution is 5.94. The average Bonchev–Trinajstić information content (AvgIpc) is 2.85. The third-order valence-electron chi connectivity index (χ3n) is 3.56. The second kappa shape index (κ2) is 5.46. The Labute approximate surface area is 115 Å². The Hall–Kier alpha value is -2.15. The maximum atomic E-state index is 12.3. The van der Waals surface area contributed by atoms with Gasteiger partial charge in [-0.3, -0.25) is 14.2 Å². The highest BCUT2D eigenvalue weighted by Crippen LogP contribution is 2.24. The first-order chi connectivity index (χ1) is 9.45. The molecule has 2 atom stereocenters. The topological polar surface area (TPSA) is 100 Å². The van der Waals surface area contributed by atoms with E-state index in [0.29, 0.717) is 18.5 Å². The number of likely N-dealkylation sites (N-methyl/N-ethyl adjacent to an activating group) is 1. The van der Waals surface area contributed by atoms with Crippen molar-refractivity contribution in [1.82, 2.24) is 9.88 Å². The van der Waals surface area contributed by atoms with E-state index in [1.165, 1.54) is 10.6 Å². The number of amides is 1. The van der Waals surface area contributed by atoms with Crippen LogP contribution in [0.4, 0.5) is 5.69 Å². The van der Waals surface area contributed by atoms with Gasteiger partial charge in [-0.25, -0.2) is 4.79 Å². The van der Waals surface area contributed by atoms with Crippen molar-refractivity contribution in [1.29, 1.82) is 0 Å². The Balaban J connectivity index is 2.35. The zero-order chi connectivity index (χ0) is 14.9. The molecule has 0 spiro atoms. The smallest absolute Gasteiger partial charge is 0.326 e. The average molecular weight is 279 g/mol. The Morgan fingerprint density at radius 3 is 2.75 bits per heavy atom. The van der Waals surface area contributed by atoms with Gasteiger partial charge in [-0.15, -0.1) is 0 Å². The summed E-state index contributed by atoms with van der Waals surface area (Å²) in [7, 11) is 1.64. The maximum absolute atomic E-state index is 12.3. The van der Waals surface area contributed by atoms with Gasteiger partial charge in [0, 0.05) is 5.69 Å². The van der Waals surface area contributed by atoms with Gasteiger partial charge < -0.3 is 15.7 Å². The molecule has 20 heavy (non-hydrogen) atoms. The summed E-state index contributed by atoms with van der Waals surface area (Å²) in [5.41, 5.74) is 0.320. The zero-order valence-electron chi connectivity index (χ0n) is 11.3. The molecule has 0 fully saturated rings. The lowest BCUT2D eigenvalue weighted by Crippen LogP contribution is -2.38. The number of hydrogen-bond acceptors (Lipinski definition) is 4. The van der Waals surface area contributed by atoms with Crippen LogP contribution in [0.25, 0.3) is 0 Å². The normalized spacial score (nSPS) is 18.4. The fraction of sp³-hybridized carbons (Fsp3) is 0.462. The monoisotopic (exact) mass is 279 g/mol. The summed E-state index contributed by atoms with van der Waals surface area (Å²) >= 11 is 0. The van der Waals surface area contributed by atoms with E-state index in [2.05, 4.69) is 10.6 Å². The number of nitrogens with one attached hydrogen (secondary N) is 2. The molecule has 7 nitrogen and oxygen atoms in total. The van der Waals surface area contributed by atoms with Crippen molar-refractivity contribution in [2.45, 2.75) is 31.8 Å². The quantitative estimate of drug-likeness (QED) is 0.718. The van der Waals surface area contributed by atoms with Crippen molar-refractivity contribution in [3.63, 3.8) is 0 Å². The molecule has 1 aromatic heterocycles. The summed E-state index contributed by atoms with van der Waals surface area (Å²) in [5.74, 6) is -1.37. The second-order valence-corrected chi connectivity index (χ2v) is 4.81. The molecule has 0 saturated carbocycles. The lowest BCUT2D eigenvalue weighted by Gasteiger charge is -2.14. The molecule has 0 aliphatic carbocycles. The molecule has 1 aliphatic heterocycles. The fourth-order valence-corrected chi connectivity index (χ4v) is 2.25. The molecule has 0 radical (unpaired) electrons. The molecule has 1 aromatic rings. The van der Waals surface area contributed by atoms with Crippen molar-refractivity contribution in [3.05, 3.63) is 28.2 Å². The Kier molecular flexibility index (Phi) is 3.89. The van der Waals surface area contributed by atoms with Crippen molar-refractivity contribution in [2.24, 2.45) is 0 Å². The van der Waals surface area contributed by atoms with Gasteiger partial charge >= 0.3 is 5.97 Å². The van der Waals surface area contributed by atoms with E-state index >= 15 is 0 Å². The van der Waals surface area contributed by atoms with Crippen LogP contribution < -0.4 is 16.2 Å². The van der Waals surface area contributed by atoms with Gasteiger partial charge in [-0.2, -0.15) is 0 Å². The minimum atomic E-state index is -1.03. The Morgan fingerprint density at radius 1 is 1.45 bits per heavy atom. The molecule has 1 amide bonds. The number of carbonyl (C=O) groups excluding carboxylic acids is 1. The van der Waals surface area contributed by atoms with Crippen LogP contribution in [0.1, 0.15) is 25.1 Å². The fourth-order valence-electron chi connectivity index (χ4n) is 2.25. The molecule has 0 bridgehead atoms. The number of carbonyl (C=O) groups is 2. The molecule has 2 unspecified atom stereocenters. The molecular weight excluding hydrogens is 262 g/mol. The van der Waals surface area contributed by atoms with E-state index in [-0.39, 0.29) is 11.6 Å². The predicted octanol–water partition coefficient (Wildman–Crippen LogP) is -0.0334. The SMILES string of the molecule is CNC(C)C(=O)Nc1ccc2n(c1=O)C(C(=O)O)CC2. The molecule has 108 valence electrons. The minimum absolute atomic E-state index is 0.106. The van der Waals surface area contributed by atoms with Crippen molar-refractivity contribution < 1.29 is 14.7 Å². The number of fused-ring (bicyclic) bond motifs is 1. The van der Waals surface area contributed by atoms with E-state index in [9.17, 15) is 14.4 Å². The molecule has 7 heteroatoms. The summed E-state index contributed by atoms with van der Waals surface area (Å²) < 4.78 is 1.25. The van der Waals surface area contributed by atoms with Gasteiger partial charge in [0.25, 0.3) is 5.56 Å². The molecule has 1 aliphatic rings. The number of rotatable bonds is 4. The second-order valence-electron chi connectivity index (χ2n) is 4.81. The van der Waals surface area contributed by atoms with Crippen LogP contribution >= 0.6 is 0 Å². The third kappa shape index (κ3) is 2.44. The van der Waals surface area contributed by atoms with Crippen LogP contribution in [0.3, 0.4) is 0 Å². The standard InChI is InChI=1S/C13H17N3O4/c1-7(14-2)11(17)15-9-5-3-8-4-6-10(13(19)20)16(8)12(9)18/h3,5,7,10,14H,4,6H2,1-2H3,(H,15,17)(H,19,20). The first kappa shape index (κ1) is 14.3. The molecule has 0 aromatic carbocycles. The number of hydrogen-bond donors (Lipinski definition) is 3. The van der Waals surface area contributed by atoms with Crippen LogP contribution in [0.2, 0.25) is 0 Å². The van der Waals surface area contributed by atoms with Crippen molar-refractivity contribution in [3.8, 4) is 0 Å². The lowest BCUT2D eigenvalue weighted by molar-refractivity contribution is -0.140. The first-order valence-corrected chi connectivity index (χ1v) is 6.41. The lowest BCUT2D eigenvalue weighted by atomic mass is 10.2. The highest BCUT2D eigenvalue weighted by atomic mass is 16.4. The largest absolute Gasteiger partial charge is 0.480 e. The molecule has 3 N–H and O–H groups in total. The van der Waals surface area contributed by atoms with Gasteiger partial charge in [0.05, 0.1) is 6.04 Å². The predicted molar refractivity (Wildman–Crippen MR) is 72.8 cm³/mol. The third-order valence-corrected chi connectivity index (χ3v) is 3.56. The van der Waals surface area contributed by atoms with Gasteiger partial charge in [0.1, 0.15) is 11.7 Å². The number of pyridine rings is 1. The summed E-state index contributed by atoms with van der Waals surface area (Å²) in [4.78, 5) is 35.2. The number of aromatic nitrogens is 1. The molecule has 2 heterocycles. The molecular formula is C13H17N3O4. The highest BCUT2D eigenvalue weighted by Gasteiger charge is 2.30. The van der Waals surface area contributed by atoms with Gasteiger partial charge in [-0.1, -0.05) is 0 Å². The number of anilines is 1. The summed E-state index contributed by atoms with van der Waals surface area (Å²) in [6.45, 7) is 1.67. The van der Waals surface area contributed by atoms with Crippen molar-refractivity contribution in [2.75, 3.05) is 12.4 Å². The van der Waals surface area contributed by atoms with Gasteiger partial charge in [0.2, 0.25) is 5.91 Å². The number of aryl methyl sites for hydroxylation is 1. The summed E-state index contributed by atoms with van der Waals surface area (Å²) in [6, 6.07) is 1.92. The number of carboxylic acids is 1. The summed E-state index contributed by atoms with van der Waals surface area (Å²) in [6.07, 6.45) is 0.947. The van der Waals surface area contributed by atoms with Gasteiger partial charge in [-0.05, 0) is 38.9 Å². The van der Waals surface area contributed by atoms with Crippen LogP contribution in [0, 0.1) is 0 Å². The van der Waals surface area contributed by atoms with E-state index in [4.69, 9.17) is 5.11 Å². The molecule has 0 saturated heterocycles. The van der Waals surface area contributed by atoms with Crippen LogP contribution in [0.5, 0.6) is 0 Å². The van der Waals surface area contributed by atoms with Gasteiger partial charge in [0.15, 0.2) is 0 Å². The van der Waals surface area contributed by atoms with Crippen LogP contribution in [0.15, 0.2) is 16.9 Å². The summed E-state index contributed by atoms with van der Waals surface area (Å²) in [5, 5.41) is 14.4. The zero-order valence-corrected chi connectivity index (χ0v) is 11.3. The number of carboxylic acid groups (broad SMARTS) is 1. The van der Waals surface area contributed by atoms with Crippen LogP contribution in [-0.2, 0) is 16.0 Å².